The second-order valence-electron chi connectivity index (χ2n) is 5.46. The first kappa shape index (κ1) is 17.9. The Labute approximate surface area is 141 Å². The van der Waals surface area contributed by atoms with Crippen molar-refractivity contribution in [2.24, 2.45) is 0 Å². The minimum absolute atomic E-state index is 0.194. The zero-order valence-electron chi connectivity index (χ0n) is 13.8. The van der Waals surface area contributed by atoms with Gasteiger partial charge in [-0.25, -0.2) is 4.39 Å². The minimum atomic E-state index is -0.536. The number of hydrogen-bond donors (Lipinski definition) is 1. The monoisotopic (exact) mass is 340 g/mol. The highest BCUT2D eigenvalue weighted by Gasteiger charge is 2.18. The van der Waals surface area contributed by atoms with Crippen molar-refractivity contribution in [3.63, 3.8) is 0 Å². The van der Waals surface area contributed by atoms with Gasteiger partial charge >= 0.3 is 0 Å². The Morgan fingerprint density at radius 1 is 1.17 bits per heavy atom. The molecule has 0 radical (unpaired) electrons. The molecule has 0 spiro atoms. The molecule has 23 heavy (non-hydrogen) atoms. The molecule has 6 heteroatoms. The molecule has 4 nitrogen and oxygen atoms in total. The van der Waals surface area contributed by atoms with Crippen molar-refractivity contribution in [2.75, 3.05) is 13.2 Å². The number of H-pyrrole nitrogens is 1. The molecule has 1 N–H and O–H groups in total. The molecule has 126 valence electrons. The van der Waals surface area contributed by atoms with E-state index in [1.54, 1.807) is 12.1 Å². The molecule has 0 atom stereocenters. The highest BCUT2D eigenvalue weighted by molar-refractivity contribution is 6.31. The third kappa shape index (κ3) is 4.10. The normalized spacial score (nSPS) is 11.7. The first-order valence-electron chi connectivity index (χ1n) is 7.75. The van der Waals surface area contributed by atoms with Gasteiger partial charge in [0.25, 0.3) is 0 Å². The van der Waals surface area contributed by atoms with Crippen molar-refractivity contribution >= 4 is 11.6 Å². The number of halogens is 2. The van der Waals surface area contributed by atoms with Gasteiger partial charge in [-0.2, -0.15) is 5.10 Å². The maximum absolute atomic E-state index is 14.3. The van der Waals surface area contributed by atoms with E-state index in [0.717, 1.165) is 5.56 Å². The molecule has 2 aromatic rings. The van der Waals surface area contributed by atoms with E-state index in [0.29, 0.717) is 35.2 Å². The fourth-order valence-corrected chi connectivity index (χ4v) is 2.70. The van der Waals surface area contributed by atoms with Crippen LogP contribution in [-0.4, -0.2) is 23.4 Å². The highest BCUT2D eigenvalue weighted by Crippen LogP contribution is 2.32. The maximum Gasteiger partial charge on any atom is 0.200 e. The van der Waals surface area contributed by atoms with Crippen molar-refractivity contribution in [2.45, 2.75) is 39.9 Å². The van der Waals surface area contributed by atoms with Gasteiger partial charge in [-0.05, 0) is 43.5 Å². The van der Waals surface area contributed by atoms with Crippen molar-refractivity contribution in [3.05, 3.63) is 40.3 Å². The molecule has 0 aliphatic heterocycles. The van der Waals surface area contributed by atoms with Crippen LogP contribution in [0.1, 0.15) is 51.2 Å². The maximum atomic E-state index is 14.3. The second kappa shape index (κ2) is 7.90. The van der Waals surface area contributed by atoms with E-state index in [9.17, 15) is 4.39 Å². The summed E-state index contributed by atoms with van der Waals surface area (Å²) < 4.78 is 25.3. The molecule has 0 aliphatic carbocycles. The first-order chi connectivity index (χ1) is 11.0. The smallest absolute Gasteiger partial charge is 0.200 e. The van der Waals surface area contributed by atoms with E-state index in [1.807, 2.05) is 27.7 Å². The topological polar surface area (TPSA) is 47.1 Å². The van der Waals surface area contributed by atoms with Crippen LogP contribution >= 0.6 is 11.6 Å². The highest BCUT2D eigenvalue weighted by atomic mass is 35.5. The summed E-state index contributed by atoms with van der Waals surface area (Å²) in [5.41, 5.74) is 2.45. The number of benzene rings is 1. The van der Waals surface area contributed by atoms with E-state index in [1.165, 1.54) is 6.07 Å². The quantitative estimate of drug-likeness (QED) is 0.716. The van der Waals surface area contributed by atoms with Crippen LogP contribution in [0.5, 0.6) is 0 Å². The molecule has 2 rings (SSSR count). The summed E-state index contributed by atoms with van der Waals surface area (Å²) in [6.45, 7) is 8.81. The standard InChI is InChI=1S/C17H22ClFN2O2/c1-5-22-17(23-6-2)16-9-15(20-21-16)12-7-11(10(3)4)13(18)8-14(12)19/h7-10,17H,5-6H2,1-4H3,(H,20,21). The average Bonchev–Trinajstić information content (AvgIpc) is 2.96. The molecular weight excluding hydrogens is 319 g/mol. The van der Waals surface area contributed by atoms with Gasteiger partial charge in [-0.15, -0.1) is 0 Å². The lowest BCUT2D eigenvalue weighted by Gasteiger charge is -2.14. The summed E-state index contributed by atoms with van der Waals surface area (Å²) >= 11 is 6.11. The van der Waals surface area contributed by atoms with Gasteiger partial charge < -0.3 is 9.47 Å². The number of nitrogens with zero attached hydrogens (tertiary/aromatic N) is 1. The lowest BCUT2D eigenvalue weighted by Crippen LogP contribution is -2.09. The Morgan fingerprint density at radius 2 is 1.83 bits per heavy atom. The summed E-state index contributed by atoms with van der Waals surface area (Å²) in [6, 6.07) is 4.83. The molecular formula is C17H22ClFN2O2. The Kier molecular flexibility index (Phi) is 6.16. The molecule has 0 saturated carbocycles. The number of hydrogen-bond acceptors (Lipinski definition) is 3. The van der Waals surface area contributed by atoms with Gasteiger partial charge in [0.15, 0.2) is 6.29 Å². The van der Waals surface area contributed by atoms with Gasteiger partial charge in [0.05, 0.1) is 11.4 Å². The molecule has 1 aromatic heterocycles. The lowest BCUT2D eigenvalue weighted by molar-refractivity contribution is -0.142. The molecule has 0 amide bonds. The third-order valence-corrected chi connectivity index (χ3v) is 3.80. The summed E-state index contributed by atoms with van der Waals surface area (Å²) in [7, 11) is 0. The van der Waals surface area contributed by atoms with Gasteiger partial charge in [0, 0.05) is 23.8 Å². The number of aromatic nitrogens is 2. The van der Waals surface area contributed by atoms with Crippen molar-refractivity contribution in [3.8, 4) is 11.3 Å². The number of nitrogens with one attached hydrogen (secondary N) is 1. The summed E-state index contributed by atoms with van der Waals surface area (Å²) in [4.78, 5) is 0. The van der Waals surface area contributed by atoms with Gasteiger partial charge in [0.2, 0.25) is 0 Å². The zero-order valence-corrected chi connectivity index (χ0v) is 14.6. The van der Waals surface area contributed by atoms with Gasteiger partial charge in [-0.3, -0.25) is 5.10 Å². The molecule has 1 aromatic carbocycles. The largest absolute Gasteiger partial charge is 0.347 e. The van der Waals surface area contributed by atoms with Crippen LogP contribution in [0.15, 0.2) is 18.2 Å². The minimum Gasteiger partial charge on any atom is -0.347 e. The average molecular weight is 341 g/mol. The Bertz CT molecular complexity index is 652. The fraction of sp³-hybridized carbons (Fsp3) is 0.471. The number of ether oxygens (including phenoxy) is 2. The molecule has 1 heterocycles. The van der Waals surface area contributed by atoms with Crippen LogP contribution in [0, 0.1) is 5.82 Å². The van der Waals surface area contributed by atoms with E-state index in [4.69, 9.17) is 21.1 Å². The van der Waals surface area contributed by atoms with Crippen molar-refractivity contribution < 1.29 is 13.9 Å². The van der Waals surface area contributed by atoms with E-state index in [2.05, 4.69) is 10.2 Å². The van der Waals surface area contributed by atoms with Crippen LogP contribution in [0.2, 0.25) is 5.02 Å². The lowest BCUT2D eigenvalue weighted by atomic mass is 9.99. The van der Waals surface area contributed by atoms with Crippen LogP contribution in [-0.2, 0) is 9.47 Å². The molecule has 0 saturated heterocycles. The predicted octanol–water partition coefficient (Wildman–Crippen LogP) is 5.06. The van der Waals surface area contributed by atoms with E-state index >= 15 is 0 Å². The van der Waals surface area contributed by atoms with Crippen LogP contribution in [0.4, 0.5) is 4.39 Å². The predicted molar refractivity (Wildman–Crippen MR) is 89.1 cm³/mol. The van der Waals surface area contributed by atoms with Crippen LogP contribution in [0.3, 0.4) is 0 Å². The van der Waals surface area contributed by atoms with E-state index < -0.39 is 12.1 Å². The number of rotatable bonds is 7. The van der Waals surface area contributed by atoms with Gasteiger partial charge in [-0.1, -0.05) is 25.4 Å². The van der Waals surface area contributed by atoms with E-state index in [-0.39, 0.29) is 5.92 Å². The third-order valence-electron chi connectivity index (χ3n) is 3.47. The fourth-order valence-electron chi connectivity index (χ4n) is 2.33. The molecule has 0 fully saturated rings. The number of aromatic amines is 1. The zero-order chi connectivity index (χ0) is 17.0. The first-order valence-corrected chi connectivity index (χ1v) is 8.13. The molecule has 0 bridgehead atoms. The van der Waals surface area contributed by atoms with Crippen molar-refractivity contribution in [1.82, 2.24) is 10.2 Å². The van der Waals surface area contributed by atoms with Crippen LogP contribution in [0.25, 0.3) is 11.3 Å². The second-order valence-corrected chi connectivity index (χ2v) is 5.87. The summed E-state index contributed by atoms with van der Waals surface area (Å²) in [5, 5.41) is 7.49. The Morgan fingerprint density at radius 3 is 2.39 bits per heavy atom. The van der Waals surface area contributed by atoms with Crippen LogP contribution < -0.4 is 0 Å². The Balaban J connectivity index is 2.38. The van der Waals surface area contributed by atoms with Gasteiger partial charge in [0.1, 0.15) is 5.82 Å². The SMILES string of the molecule is CCOC(OCC)c1cc(-c2cc(C(C)C)c(Cl)cc2F)n[nH]1. The van der Waals surface area contributed by atoms with Crippen molar-refractivity contribution in [1.29, 1.82) is 0 Å². The Hall–Kier alpha value is -1.43. The molecule has 0 unspecified atom stereocenters. The summed E-state index contributed by atoms with van der Waals surface area (Å²) in [6.07, 6.45) is -0.536. The molecule has 0 aliphatic rings. The summed E-state index contributed by atoms with van der Waals surface area (Å²) in [5.74, 6) is -0.207.